The van der Waals surface area contributed by atoms with Gasteiger partial charge in [-0.25, -0.2) is 4.89 Å². The standard InChI is InChI=1S/C9H11N3O2S/c1-13-14-15-9-4-2-8(3-5-9)6-7-11-12-10/h2-5H,6-7H2,1H3. The van der Waals surface area contributed by atoms with Crippen molar-refractivity contribution in [2.75, 3.05) is 13.7 Å². The molecule has 0 atom stereocenters. The molecule has 80 valence electrons. The Bertz CT molecular complexity index is 336. The summed E-state index contributed by atoms with van der Waals surface area (Å²) in [6, 6.07) is 7.78. The monoisotopic (exact) mass is 225 g/mol. The molecule has 0 aliphatic carbocycles. The van der Waals surface area contributed by atoms with Gasteiger partial charge in [0.25, 0.3) is 0 Å². The molecule has 0 saturated carbocycles. The summed E-state index contributed by atoms with van der Waals surface area (Å²) in [4.78, 5) is 8.12. The molecule has 0 spiro atoms. The predicted molar refractivity (Wildman–Crippen MR) is 58.1 cm³/mol. The second-order valence-corrected chi connectivity index (χ2v) is 3.44. The highest BCUT2D eigenvalue weighted by Gasteiger charge is 1.96. The molecule has 5 nitrogen and oxygen atoms in total. The van der Waals surface area contributed by atoms with Crippen LogP contribution in [0.1, 0.15) is 5.56 Å². The van der Waals surface area contributed by atoms with Crippen molar-refractivity contribution in [3.63, 3.8) is 0 Å². The maximum atomic E-state index is 8.11. The van der Waals surface area contributed by atoms with Gasteiger partial charge >= 0.3 is 0 Å². The number of hydrogen-bond donors (Lipinski definition) is 0. The molecule has 1 aromatic rings. The molecule has 0 amide bonds. The van der Waals surface area contributed by atoms with E-state index in [1.165, 1.54) is 7.11 Å². The Labute approximate surface area is 92.1 Å². The number of hydrogen-bond acceptors (Lipinski definition) is 4. The Morgan fingerprint density at radius 3 is 2.73 bits per heavy atom. The normalized spacial score (nSPS) is 9.67. The first kappa shape index (κ1) is 11.9. The Balaban J connectivity index is 2.44. The van der Waals surface area contributed by atoms with Crippen molar-refractivity contribution in [3.8, 4) is 0 Å². The van der Waals surface area contributed by atoms with E-state index in [0.717, 1.165) is 28.9 Å². The highest BCUT2D eigenvalue weighted by atomic mass is 32.2. The average molecular weight is 225 g/mol. The average Bonchev–Trinajstić information content (AvgIpc) is 2.28. The first-order valence-electron chi connectivity index (χ1n) is 4.34. The minimum absolute atomic E-state index is 0.484. The Kier molecular flexibility index (Phi) is 5.65. The second-order valence-electron chi connectivity index (χ2n) is 2.67. The summed E-state index contributed by atoms with van der Waals surface area (Å²) in [5, 5.41) is 3.47. The summed E-state index contributed by atoms with van der Waals surface area (Å²) < 4.78 is 4.71. The van der Waals surface area contributed by atoms with Crippen molar-refractivity contribution in [1.29, 1.82) is 0 Å². The summed E-state index contributed by atoms with van der Waals surface area (Å²) in [7, 11) is 1.46. The zero-order valence-corrected chi connectivity index (χ0v) is 9.11. The maximum Gasteiger partial charge on any atom is 0.0725 e. The van der Waals surface area contributed by atoms with E-state index < -0.39 is 0 Å². The van der Waals surface area contributed by atoms with E-state index in [4.69, 9.17) is 9.86 Å². The van der Waals surface area contributed by atoms with E-state index in [1.54, 1.807) is 0 Å². The van der Waals surface area contributed by atoms with Crippen molar-refractivity contribution in [3.05, 3.63) is 40.3 Å². The van der Waals surface area contributed by atoms with Crippen LogP contribution in [0.15, 0.2) is 34.3 Å². The molecule has 0 aromatic heterocycles. The lowest BCUT2D eigenvalue weighted by molar-refractivity contribution is -0.160. The lowest BCUT2D eigenvalue weighted by atomic mass is 10.2. The van der Waals surface area contributed by atoms with Crippen LogP contribution in [-0.2, 0) is 15.6 Å². The van der Waals surface area contributed by atoms with E-state index >= 15 is 0 Å². The summed E-state index contributed by atoms with van der Waals surface area (Å²) in [5.41, 5.74) is 9.24. The fourth-order valence-corrected chi connectivity index (χ4v) is 1.40. The van der Waals surface area contributed by atoms with Crippen LogP contribution in [0.3, 0.4) is 0 Å². The molecule has 0 radical (unpaired) electrons. The largest absolute Gasteiger partial charge is 0.227 e. The molecule has 1 aromatic carbocycles. The molecule has 15 heavy (non-hydrogen) atoms. The van der Waals surface area contributed by atoms with E-state index in [9.17, 15) is 0 Å². The fourth-order valence-electron chi connectivity index (χ4n) is 1.01. The molecular formula is C9H11N3O2S. The van der Waals surface area contributed by atoms with Crippen LogP contribution in [-0.4, -0.2) is 13.7 Å². The number of benzene rings is 1. The molecule has 6 heteroatoms. The smallest absolute Gasteiger partial charge is 0.0725 e. The summed E-state index contributed by atoms with van der Waals surface area (Å²) >= 11 is 1.15. The van der Waals surface area contributed by atoms with E-state index in [1.807, 2.05) is 24.3 Å². The van der Waals surface area contributed by atoms with Crippen molar-refractivity contribution < 1.29 is 9.22 Å². The summed E-state index contributed by atoms with van der Waals surface area (Å²) in [6.07, 6.45) is 0.750. The van der Waals surface area contributed by atoms with Gasteiger partial charge in [0.1, 0.15) is 0 Å². The lowest BCUT2D eigenvalue weighted by Crippen LogP contribution is -1.88. The van der Waals surface area contributed by atoms with Gasteiger partial charge in [-0.2, -0.15) is 4.33 Å². The molecule has 0 heterocycles. The zero-order valence-electron chi connectivity index (χ0n) is 8.29. The number of rotatable bonds is 6. The molecule has 0 aliphatic rings. The van der Waals surface area contributed by atoms with Crippen LogP contribution in [0.25, 0.3) is 10.4 Å². The van der Waals surface area contributed by atoms with E-state index in [2.05, 4.69) is 14.9 Å². The first-order chi connectivity index (χ1) is 7.36. The van der Waals surface area contributed by atoms with Gasteiger partial charge in [-0.05, 0) is 29.6 Å². The van der Waals surface area contributed by atoms with Crippen LogP contribution in [0, 0.1) is 0 Å². The molecule has 0 saturated heterocycles. The van der Waals surface area contributed by atoms with Crippen molar-refractivity contribution in [1.82, 2.24) is 0 Å². The molecule has 0 unspecified atom stereocenters. The lowest BCUT2D eigenvalue weighted by Gasteiger charge is -2.00. The van der Waals surface area contributed by atoms with E-state index in [0.29, 0.717) is 6.54 Å². The highest BCUT2D eigenvalue weighted by Crippen LogP contribution is 2.19. The van der Waals surface area contributed by atoms with Gasteiger partial charge in [-0.3, -0.25) is 0 Å². The second kappa shape index (κ2) is 7.14. The molecule has 0 aliphatic heterocycles. The summed E-state index contributed by atoms with van der Waals surface area (Å²) in [5.74, 6) is 0. The Morgan fingerprint density at radius 1 is 1.40 bits per heavy atom. The molecule has 1 rings (SSSR count). The van der Waals surface area contributed by atoms with E-state index in [-0.39, 0.29) is 0 Å². The highest BCUT2D eigenvalue weighted by molar-refractivity contribution is 7.94. The first-order valence-corrected chi connectivity index (χ1v) is 5.08. The van der Waals surface area contributed by atoms with Crippen LogP contribution >= 0.6 is 12.0 Å². The van der Waals surface area contributed by atoms with Gasteiger partial charge in [0.2, 0.25) is 0 Å². The van der Waals surface area contributed by atoms with Crippen molar-refractivity contribution in [2.24, 2.45) is 5.11 Å². The van der Waals surface area contributed by atoms with Gasteiger partial charge in [0, 0.05) is 16.4 Å². The third-order valence-electron chi connectivity index (χ3n) is 1.69. The quantitative estimate of drug-likeness (QED) is 0.186. The molecule has 0 N–H and O–H groups in total. The third-order valence-corrected chi connectivity index (χ3v) is 2.35. The van der Waals surface area contributed by atoms with Crippen molar-refractivity contribution in [2.45, 2.75) is 11.3 Å². The third kappa shape index (κ3) is 4.71. The minimum Gasteiger partial charge on any atom is -0.227 e. The topological polar surface area (TPSA) is 67.2 Å². The van der Waals surface area contributed by atoms with Gasteiger partial charge in [0.05, 0.1) is 19.2 Å². The zero-order chi connectivity index (χ0) is 10.9. The maximum absolute atomic E-state index is 8.11. The molecular weight excluding hydrogens is 214 g/mol. The van der Waals surface area contributed by atoms with Crippen LogP contribution in [0.5, 0.6) is 0 Å². The van der Waals surface area contributed by atoms with Crippen molar-refractivity contribution >= 4 is 12.0 Å². The van der Waals surface area contributed by atoms with Gasteiger partial charge in [0.15, 0.2) is 0 Å². The van der Waals surface area contributed by atoms with Crippen LogP contribution < -0.4 is 0 Å². The van der Waals surface area contributed by atoms with Gasteiger partial charge < -0.3 is 0 Å². The van der Waals surface area contributed by atoms with Crippen LogP contribution in [0.4, 0.5) is 0 Å². The minimum atomic E-state index is 0.484. The van der Waals surface area contributed by atoms with Gasteiger partial charge in [-0.1, -0.05) is 17.2 Å². The Morgan fingerprint density at radius 2 is 2.13 bits per heavy atom. The fraction of sp³-hybridized carbons (Fsp3) is 0.333. The molecule has 0 bridgehead atoms. The number of nitrogens with zero attached hydrogens (tertiary/aromatic N) is 3. The number of azide groups is 1. The molecule has 0 fully saturated rings. The SMILES string of the molecule is COOSc1ccc(CCN=[N+]=[N-])cc1. The van der Waals surface area contributed by atoms with Crippen LogP contribution in [0.2, 0.25) is 0 Å². The summed E-state index contributed by atoms with van der Waals surface area (Å²) in [6.45, 7) is 0.484. The van der Waals surface area contributed by atoms with Gasteiger partial charge in [-0.15, -0.1) is 0 Å². The predicted octanol–water partition coefficient (Wildman–Crippen LogP) is 3.12. The Hall–Kier alpha value is -1.20.